The number of methoxy groups -OCH3 is 1. The van der Waals surface area contributed by atoms with Gasteiger partial charge in [0, 0.05) is 29.5 Å². The minimum atomic E-state index is -0.724. The summed E-state index contributed by atoms with van der Waals surface area (Å²) in [7, 11) is 1.33. The van der Waals surface area contributed by atoms with Gasteiger partial charge in [-0.15, -0.1) is 11.6 Å². The summed E-state index contributed by atoms with van der Waals surface area (Å²) in [5, 5.41) is 3.72. The van der Waals surface area contributed by atoms with Gasteiger partial charge in [0.15, 0.2) is 0 Å². The number of fused-ring (bicyclic) bond motifs is 1. The normalized spacial score (nSPS) is 12.8. The fraction of sp³-hybridized carbons (Fsp3) is 0.500. The number of carbonyl (C=O) groups is 2. The number of esters is 1. The molecule has 6 heteroatoms. The van der Waals surface area contributed by atoms with Crippen LogP contribution in [-0.4, -0.2) is 35.5 Å². The van der Waals surface area contributed by atoms with Crippen molar-refractivity contribution in [3.63, 3.8) is 0 Å². The van der Waals surface area contributed by atoms with Gasteiger partial charge in [-0.3, -0.25) is 4.79 Å². The number of hydrogen-bond acceptors (Lipinski definition) is 3. The maximum Gasteiger partial charge on any atom is 0.328 e. The largest absolute Gasteiger partial charge is 0.467 e. The number of halogens is 1. The Labute approximate surface area is 159 Å². The molecular formula is C20H27ClN2O3. The summed E-state index contributed by atoms with van der Waals surface area (Å²) in [4.78, 5) is 25.0. The number of rotatable bonds is 7. The number of nitrogens with zero attached hydrogens (tertiary/aromatic N) is 1. The predicted octanol–water partition coefficient (Wildman–Crippen LogP) is 3.98. The van der Waals surface area contributed by atoms with Crippen LogP contribution in [0.15, 0.2) is 30.5 Å². The molecule has 0 aliphatic heterocycles. The highest BCUT2D eigenvalue weighted by molar-refractivity contribution is 6.17. The number of nitrogens with one attached hydrogen (secondary N) is 1. The molecule has 1 heterocycles. The number of aromatic nitrogens is 1. The van der Waals surface area contributed by atoms with Gasteiger partial charge in [-0.25, -0.2) is 4.79 Å². The summed E-state index contributed by atoms with van der Waals surface area (Å²) < 4.78 is 6.93. The van der Waals surface area contributed by atoms with Crippen LogP contribution < -0.4 is 5.32 Å². The van der Waals surface area contributed by atoms with E-state index in [1.807, 2.05) is 51.2 Å². The van der Waals surface area contributed by atoms with Gasteiger partial charge in [0.2, 0.25) is 0 Å². The fourth-order valence-corrected chi connectivity index (χ4v) is 3.13. The number of hydrogen-bond donors (Lipinski definition) is 1. The van der Waals surface area contributed by atoms with Crippen LogP contribution in [0.4, 0.5) is 0 Å². The van der Waals surface area contributed by atoms with Crippen molar-refractivity contribution >= 4 is 34.4 Å². The van der Waals surface area contributed by atoms with Crippen LogP contribution >= 0.6 is 11.6 Å². The molecule has 0 saturated heterocycles. The number of alkyl halides is 1. The average Bonchev–Trinajstić information content (AvgIpc) is 2.97. The van der Waals surface area contributed by atoms with Crippen molar-refractivity contribution < 1.29 is 14.3 Å². The van der Waals surface area contributed by atoms with Crippen molar-refractivity contribution in [1.82, 2.24) is 9.88 Å². The highest BCUT2D eigenvalue weighted by Gasteiger charge is 2.34. The Bertz CT molecular complexity index is 777. The number of ether oxygens (including phenoxy) is 1. The van der Waals surface area contributed by atoms with E-state index < -0.39 is 17.4 Å². The van der Waals surface area contributed by atoms with Gasteiger partial charge in [-0.1, -0.05) is 39.0 Å². The Hall–Kier alpha value is -2.01. The molecule has 1 N–H and O–H groups in total. The fourth-order valence-electron chi connectivity index (χ4n) is 2.95. The molecule has 142 valence electrons. The second-order valence-corrected chi connectivity index (χ2v) is 7.82. The van der Waals surface area contributed by atoms with Crippen LogP contribution in [0.3, 0.4) is 0 Å². The lowest BCUT2D eigenvalue weighted by Crippen LogP contribution is -2.49. The van der Waals surface area contributed by atoms with E-state index in [4.69, 9.17) is 16.3 Å². The molecule has 2 rings (SSSR count). The van der Waals surface area contributed by atoms with Gasteiger partial charge in [0.05, 0.1) is 12.7 Å². The van der Waals surface area contributed by atoms with Crippen LogP contribution in [0.5, 0.6) is 0 Å². The molecule has 0 spiro atoms. The molecule has 1 aromatic heterocycles. The summed E-state index contributed by atoms with van der Waals surface area (Å²) in [5.41, 5.74) is 1.10. The van der Waals surface area contributed by atoms with Gasteiger partial charge in [0.1, 0.15) is 6.04 Å². The topological polar surface area (TPSA) is 60.3 Å². The zero-order valence-electron chi connectivity index (χ0n) is 15.8. The van der Waals surface area contributed by atoms with E-state index in [1.165, 1.54) is 7.11 Å². The van der Waals surface area contributed by atoms with Crippen molar-refractivity contribution in [1.29, 1.82) is 0 Å². The van der Waals surface area contributed by atoms with Crippen molar-refractivity contribution in [3.8, 4) is 0 Å². The second kappa shape index (κ2) is 8.58. The van der Waals surface area contributed by atoms with Crippen LogP contribution in [0.25, 0.3) is 10.9 Å². The van der Waals surface area contributed by atoms with Crippen molar-refractivity contribution in [2.24, 2.45) is 5.41 Å². The first-order valence-corrected chi connectivity index (χ1v) is 9.35. The summed E-state index contributed by atoms with van der Waals surface area (Å²) in [6, 6.07) is 7.05. The van der Waals surface area contributed by atoms with E-state index in [2.05, 4.69) is 9.88 Å². The van der Waals surface area contributed by atoms with E-state index in [0.29, 0.717) is 11.4 Å². The molecule has 0 aliphatic rings. The third-order valence-corrected chi connectivity index (χ3v) is 4.66. The molecule has 0 aliphatic carbocycles. The van der Waals surface area contributed by atoms with Crippen molar-refractivity contribution in [2.75, 3.05) is 13.0 Å². The third kappa shape index (κ3) is 4.58. The molecule has 1 unspecified atom stereocenters. The van der Waals surface area contributed by atoms with E-state index in [1.54, 1.807) is 0 Å². The quantitative estimate of drug-likeness (QED) is 0.450. The molecule has 0 fully saturated rings. The lowest BCUT2D eigenvalue weighted by atomic mass is 9.86. The lowest BCUT2D eigenvalue weighted by molar-refractivity contribution is -0.145. The summed E-state index contributed by atoms with van der Waals surface area (Å²) >= 11 is 5.77. The Morgan fingerprint density at radius 1 is 1.23 bits per heavy atom. The average molecular weight is 379 g/mol. The molecule has 1 amide bonds. The molecule has 0 radical (unpaired) electrons. The first-order valence-electron chi connectivity index (χ1n) is 8.82. The SMILES string of the molecule is COC(=O)C(NC(=O)c1cn(CCCCCl)c2ccccc12)C(C)(C)C. The van der Waals surface area contributed by atoms with Crippen LogP contribution in [0, 0.1) is 5.41 Å². The van der Waals surface area contributed by atoms with Crippen LogP contribution in [-0.2, 0) is 16.1 Å². The highest BCUT2D eigenvalue weighted by atomic mass is 35.5. The van der Waals surface area contributed by atoms with Gasteiger partial charge in [0.25, 0.3) is 5.91 Å². The number of aryl methyl sites for hydroxylation is 1. The maximum atomic E-state index is 12.9. The van der Waals surface area contributed by atoms with E-state index in [9.17, 15) is 9.59 Å². The Morgan fingerprint density at radius 2 is 1.92 bits per heavy atom. The molecule has 5 nitrogen and oxygen atoms in total. The van der Waals surface area contributed by atoms with E-state index in [-0.39, 0.29) is 5.91 Å². The van der Waals surface area contributed by atoms with Crippen molar-refractivity contribution in [2.45, 2.75) is 46.2 Å². The smallest absolute Gasteiger partial charge is 0.328 e. The summed E-state index contributed by atoms with van der Waals surface area (Å²) in [6.07, 6.45) is 3.71. The first kappa shape index (κ1) is 20.3. The van der Waals surface area contributed by atoms with Gasteiger partial charge in [-0.05, 0) is 24.3 Å². The summed E-state index contributed by atoms with van der Waals surface area (Å²) in [6.45, 7) is 6.47. The van der Waals surface area contributed by atoms with Crippen molar-refractivity contribution in [3.05, 3.63) is 36.0 Å². The molecule has 26 heavy (non-hydrogen) atoms. The standard InChI is InChI=1S/C20H27ClN2O3/c1-20(2,3)17(19(25)26-4)22-18(24)15-13-23(12-8-7-11-21)16-10-6-5-9-14(15)16/h5-6,9-10,13,17H,7-8,11-12H2,1-4H3,(H,22,24). The monoisotopic (exact) mass is 378 g/mol. The van der Waals surface area contributed by atoms with Gasteiger partial charge < -0.3 is 14.6 Å². The molecule has 1 atom stereocenters. The molecule has 1 aromatic carbocycles. The van der Waals surface area contributed by atoms with Gasteiger partial charge in [-0.2, -0.15) is 0 Å². The molecule has 0 bridgehead atoms. The zero-order valence-corrected chi connectivity index (χ0v) is 16.6. The molecule has 0 saturated carbocycles. The predicted molar refractivity (Wildman–Crippen MR) is 105 cm³/mol. The Balaban J connectivity index is 2.33. The maximum absolute atomic E-state index is 12.9. The number of carbonyl (C=O) groups excluding carboxylic acids is 2. The first-order chi connectivity index (χ1) is 12.3. The number of amides is 1. The summed E-state index contributed by atoms with van der Waals surface area (Å²) in [5.74, 6) is -0.0989. The number of para-hydroxylation sites is 1. The second-order valence-electron chi connectivity index (χ2n) is 7.45. The highest BCUT2D eigenvalue weighted by Crippen LogP contribution is 2.24. The number of benzene rings is 1. The van der Waals surface area contributed by atoms with Crippen LogP contribution in [0.2, 0.25) is 0 Å². The van der Waals surface area contributed by atoms with Gasteiger partial charge >= 0.3 is 5.97 Å². The van der Waals surface area contributed by atoms with E-state index in [0.717, 1.165) is 30.3 Å². The molecule has 2 aromatic rings. The minimum absolute atomic E-state index is 0.275. The third-order valence-electron chi connectivity index (χ3n) is 4.39. The van der Waals surface area contributed by atoms with Crippen LogP contribution in [0.1, 0.15) is 44.0 Å². The molecular weight excluding hydrogens is 352 g/mol. The number of unbranched alkanes of at least 4 members (excludes halogenated alkanes) is 1. The Morgan fingerprint density at radius 3 is 2.54 bits per heavy atom. The Kier molecular flexibility index (Phi) is 6.70. The lowest BCUT2D eigenvalue weighted by Gasteiger charge is -2.28. The minimum Gasteiger partial charge on any atom is -0.467 e. The zero-order chi connectivity index (χ0) is 19.3. The van der Waals surface area contributed by atoms with E-state index >= 15 is 0 Å².